The van der Waals surface area contributed by atoms with Crippen molar-refractivity contribution in [2.24, 2.45) is 0 Å². The Labute approximate surface area is 192 Å². The molecule has 1 heterocycles. The highest BCUT2D eigenvalue weighted by atomic mass is 79.9. The first-order valence-corrected chi connectivity index (χ1v) is 11.7. The van der Waals surface area contributed by atoms with Gasteiger partial charge in [0, 0.05) is 23.9 Å². The number of nitrogens with zero attached hydrogens (tertiary/aromatic N) is 3. The van der Waals surface area contributed by atoms with Crippen molar-refractivity contribution in [2.75, 3.05) is 26.8 Å². The standard InChI is InChI=1S/C18H25BrClN3O4S2/c1-11(10-26-7-6-22(5)17(24)27-18(2,3)4)29(25)12-8-13-15(14(20)9-12)23(28)21-16(13)19/h8-9,11,28H,6-7,10H2,1-5H3. The third-order valence-electron chi connectivity index (χ3n) is 3.87. The molecule has 1 aromatic heterocycles. The number of amides is 1. The first-order chi connectivity index (χ1) is 13.4. The molecule has 11 heteroatoms. The third kappa shape index (κ3) is 6.58. The number of aromatic nitrogens is 2. The fourth-order valence-electron chi connectivity index (χ4n) is 2.41. The van der Waals surface area contributed by atoms with Gasteiger partial charge >= 0.3 is 6.09 Å². The lowest BCUT2D eigenvalue weighted by Gasteiger charge is -2.24. The lowest BCUT2D eigenvalue weighted by molar-refractivity contribution is 0.0233. The number of ether oxygens (including phenoxy) is 2. The van der Waals surface area contributed by atoms with Gasteiger partial charge in [-0.15, -0.1) is 0 Å². The fourth-order valence-corrected chi connectivity index (χ4v) is 4.88. The lowest BCUT2D eigenvalue weighted by Crippen LogP contribution is -2.36. The van der Waals surface area contributed by atoms with Crippen LogP contribution in [-0.4, -0.2) is 62.0 Å². The largest absolute Gasteiger partial charge is 0.444 e. The highest BCUT2D eigenvalue weighted by Gasteiger charge is 2.21. The summed E-state index contributed by atoms with van der Waals surface area (Å²) in [5.74, 6) is 0. The maximum absolute atomic E-state index is 12.9. The van der Waals surface area contributed by atoms with Crippen molar-refractivity contribution in [1.29, 1.82) is 0 Å². The van der Waals surface area contributed by atoms with Crippen LogP contribution in [0.3, 0.4) is 0 Å². The number of carbonyl (C=O) groups is 1. The van der Waals surface area contributed by atoms with E-state index in [9.17, 15) is 9.00 Å². The van der Waals surface area contributed by atoms with E-state index in [1.54, 1.807) is 19.2 Å². The van der Waals surface area contributed by atoms with Gasteiger partial charge in [-0.2, -0.15) is 5.10 Å². The first-order valence-electron chi connectivity index (χ1n) is 8.90. The Kier molecular flexibility index (Phi) is 8.43. The topological polar surface area (TPSA) is 73.7 Å². The van der Waals surface area contributed by atoms with E-state index in [4.69, 9.17) is 21.1 Å². The number of hydrogen-bond donors (Lipinski definition) is 1. The van der Waals surface area contributed by atoms with E-state index in [0.29, 0.717) is 33.2 Å². The van der Waals surface area contributed by atoms with Gasteiger partial charge < -0.3 is 14.4 Å². The van der Waals surface area contributed by atoms with Crippen molar-refractivity contribution in [3.8, 4) is 0 Å². The molecule has 0 N–H and O–H groups in total. The second-order valence-corrected chi connectivity index (χ2v) is 11.0. The Balaban J connectivity index is 1.91. The van der Waals surface area contributed by atoms with Gasteiger partial charge in [-0.25, -0.2) is 8.88 Å². The second kappa shape index (κ2) is 10.00. The maximum Gasteiger partial charge on any atom is 0.410 e. The van der Waals surface area contributed by atoms with Gasteiger partial charge in [0.1, 0.15) is 15.7 Å². The molecule has 0 aliphatic rings. The first kappa shape index (κ1) is 24.5. The predicted molar refractivity (Wildman–Crippen MR) is 122 cm³/mol. The summed E-state index contributed by atoms with van der Waals surface area (Å²) in [4.78, 5) is 14.0. The summed E-state index contributed by atoms with van der Waals surface area (Å²) in [6, 6.07) is 3.45. The highest BCUT2D eigenvalue weighted by Crippen LogP contribution is 2.32. The molecule has 1 aromatic carbocycles. The summed E-state index contributed by atoms with van der Waals surface area (Å²) in [6.07, 6.45) is -0.406. The van der Waals surface area contributed by atoms with E-state index in [-0.39, 0.29) is 11.9 Å². The SMILES string of the molecule is CC(COCCN(C)C(=O)OC(C)(C)C)S(=O)c1cc(Cl)c2c(c1)c(Br)nn2S. The van der Waals surface area contributed by atoms with Gasteiger partial charge in [0.25, 0.3) is 0 Å². The van der Waals surface area contributed by atoms with Gasteiger partial charge in [0.2, 0.25) is 0 Å². The van der Waals surface area contributed by atoms with Crippen molar-refractivity contribution in [3.05, 3.63) is 21.8 Å². The van der Waals surface area contributed by atoms with Gasteiger partial charge in [0.05, 0.1) is 34.3 Å². The summed E-state index contributed by atoms with van der Waals surface area (Å²) >= 11 is 13.9. The average Bonchev–Trinajstić information content (AvgIpc) is 2.90. The number of rotatable bonds is 7. The zero-order valence-corrected chi connectivity index (χ0v) is 21.0. The smallest absolute Gasteiger partial charge is 0.410 e. The Morgan fingerprint density at radius 1 is 1.45 bits per heavy atom. The van der Waals surface area contributed by atoms with Crippen molar-refractivity contribution in [1.82, 2.24) is 14.1 Å². The molecule has 0 fully saturated rings. The van der Waals surface area contributed by atoms with Crippen LogP contribution in [0.1, 0.15) is 27.7 Å². The Bertz CT molecular complexity index is 917. The molecule has 1 amide bonds. The number of hydrogen-bond acceptors (Lipinski definition) is 6. The molecule has 29 heavy (non-hydrogen) atoms. The van der Waals surface area contributed by atoms with E-state index in [1.807, 2.05) is 27.7 Å². The summed E-state index contributed by atoms with van der Waals surface area (Å²) in [5, 5.41) is 5.05. The van der Waals surface area contributed by atoms with Crippen LogP contribution in [-0.2, 0) is 20.3 Å². The van der Waals surface area contributed by atoms with E-state index in [1.165, 1.54) is 8.99 Å². The molecule has 162 valence electrons. The Morgan fingerprint density at radius 3 is 2.72 bits per heavy atom. The van der Waals surface area contributed by atoms with Crippen LogP contribution in [0.2, 0.25) is 5.02 Å². The predicted octanol–water partition coefficient (Wildman–Crippen LogP) is 4.52. The van der Waals surface area contributed by atoms with Gasteiger partial charge in [-0.1, -0.05) is 11.6 Å². The van der Waals surface area contributed by atoms with Crippen LogP contribution in [0.15, 0.2) is 21.6 Å². The molecular formula is C18H25BrClN3O4S2. The Morgan fingerprint density at radius 2 is 2.10 bits per heavy atom. The second-order valence-electron chi connectivity index (χ2n) is 7.57. The van der Waals surface area contributed by atoms with Crippen molar-refractivity contribution < 1.29 is 18.5 Å². The maximum atomic E-state index is 12.9. The molecule has 0 aliphatic heterocycles. The summed E-state index contributed by atoms with van der Waals surface area (Å²) < 4.78 is 25.7. The number of thiol groups is 1. The summed E-state index contributed by atoms with van der Waals surface area (Å²) in [7, 11) is 0.321. The third-order valence-corrected chi connectivity index (χ3v) is 6.60. The number of halogens is 2. The molecule has 2 atom stereocenters. The van der Waals surface area contributed by atoms with E-state index in [0.717, 1.165) is 5.39 Å². The molecular weight excluding hydrogens is 502 g/mol. The normalized spacial score (nSPS) is 14.1. The fraction of sp³-hybridized carbons (Fsp3) is 0.556. The summed E-state index contributed by atoms with van der Waals surface area (Å²) in [6.45, 7) is 8.25. The highest BCUT2D eigenvalue weighted by molar-refractivity contribution is 9.10. The average molecular weight is 527 g/mol. The van der Waals surface area contributed by atoms with Crippen LogP contribution in [0.4, 0.5) is 4.79 Å². The molecule has 0 saturated heterocycles. The minimum atomic E-state index is -1.33. The zero-order chi connectivity index (χ0) is 21.9. The monoisotopic (exact) mass is 525 g/mol. The molecule has 2 aromatic rings. The zero-order valence-electron chi connectivity index (χ0n) is 16.9. The number of likely N-dealkylation sites (N-methyl/N-ethyl adjacent to an activating group) is 1. The molecule has 2 unspecified atom stereocenters. The molecule has 0 aliphatic carbocycles. The van der Waals surface area contributed by atoms with Gasteiger partial charge in [-0.3, -0.25) is 4.21 Å². The van der Waals surface area contributed by atoms with E-state index >= 15 is 0 Å². The van der Waals surface area contributed by atoms with Crippen molar-refractivity contribution in [3.63, 3.8) is 0 Å². The quantitative estimate of drug-likeness (QED) is 0.424. The van der Waals surface area contributed by atoms with Gasteiger partial charge in [0.15, 0.2) is 0 Å². The van der Waals surface area contributed by atoms with Gasteiger partial charge in [-0.05, 0) is 68.6 Å². The lowest BCUT2D eigenvalue weighted by atomic mass is 10.2. The molecule has 0 bridgehead atoms. The number of benzene rings is 1. The van der Waals surface area contributed by atoms with Crippen LogP contribution in [0.25, 0.3) is 10.9 Å². The van der Waals surface area contributed by atoms with Crippen LogP contribution in [0.5, 0.6) is 0 Å². The molecule has 7 nitrogen and oxygen atoms in total. The number of fused-ring (bicyclic) bond motifs is 1. The van der Waals surface area contributed by atoms with Crippen LogP contribution >= 0.6 is 40.3 Å². The Hall–Kier alpha value is -0.810. The minimum Gasteiger partial charge on any atom is -0.444 e. The minimum absolute atomic E-state index is 0.264. The molecule has 0 radical (unpaired) electrons. The summed E-state index contributed by atoms with van der Waals surface area (Å²) in [5.41, 5.74) is 0.107. The molecule has 2 rings (SSSR count). The van der Waals surface area contributed by atoms with E-state index in [2.05, 4.69) is 33.8 Å². The molecule has 0 spiro atoms. The van der Waals surface area contributed by atoms with E-state index < -0.39 is 22.5 Å². The van der Waals surface area contributed by atoms with Crippen LogP contribution < -0.4 is 0 Å². The van der Waals surface area contributed by atoms with Crippen LogP contribution in [0, 0.1) is 0 Å². The molecule has 0 saturated carbocycles. The van der Waals surface area contributed by atoms with Crippen molar-refractivity contribution in [2.45, 2.75) is 43.4 Å². The van der Waals surface area contributed by atoms with Crippen molar-refractivity contribution >= 4 is 68.1 Å². The number of carbonyl (C=O) groups excluding carboxylic acids is 1.